The first-order valence-electron chi connectivity index (χ1n) is 13.5. The van der Waals surface area contributed by atoms with Crippen LogP contribution in [0, 0.1) is 11.3 Å². The second-order valence-corrected chi connectivity index (χ2v) is 11.1. The third kappa shape index (κ3) is 3.22. The second kappa shape index (κ2) is 8.59. The average Bonchev–Trinajstić information content (AvgIpc) is 3.49. The molecule has 3 atom stereocenters. The van der Waals surface area contributed by atoms with Gasteiger partial charge < -0.3 is 24.8 Å². The molecule has 1 fully saturated rings. The predicted molar refractivity (Wildman–Crippen MR) is 146 cm³/mol. The number of Topliss-reactive ketones (excluding diaryl/α,β-unsaturated/α-hetero) is 1. The lowest BCUT2D eigenvalue weighted by Crippen LogP contribution is -2.33. The number of aromatic nitrogens is 1. The summed E-state index contributed by atoms with van der Waals surface area (Å²) in [7, 11) is 0. The summed E-state index contributed by atoms with van der Waals surface area (Å²) in [6, 6.07) is 18.4. The number of rotatable bonds is 5. The van der Waals surface area contributed by atoms with Crippen molar-refractivity contribution < 1.29 is 29.6 Å². The Kier molecular flexibility index (Phi) is 5.30. The van der Waals surface area contributed by atoms with Crippen LogP contribution in [0.1, 0.15) is 65.2 Å². The van der Waals surface area contributed by atoms with Gasteiger partial charge in [0.25, 0.3) is 0 Å². The van der Waals surface area contributed by atoms with E-state index in [9.17, 15) is 25.4 Å². The summed E-state index contributed by atoms with van der Waals surface area (Å²) in [5.74, 6) is 0.415. The molecule has 1 aromatic heterocycles. The normalized spacial score (nSPS) is 24.6. The number of nitriles is 1. The first kappa shape index (κ1) is 24.7. The Morgan fingerprint density at radius 3 is 2.62 bits per heavy atom. The van der Waals surface area contributed by atoms with Gasteiger partial charge in [0.15, 0.2) is 5.78 Å². The monoisotopic (exact) mass is 536 g/mol. The van der Waals surface area contributed by atoms with Gasteiger partial charge in [0, 0.05) is 41.2 Å². The standard InChI is InChI=1S/C32H28N2O6/c1-31-26(36)16-32(40-31,14-15-39-25-11-5-8-21-22(25)9-4-10-24(21)35)28-27(31)29(37)34(30(28)38)23-13-12-18(17-33)19-6-2-3-7-20(19)23/h2-3,5-8,11-13,26,36-38H,4,9-10,14-16H2,1H3/t26?,31-,32+/m0/s1. The van der Waals surface area contributed by atoms with Crippen molar-refractivity contribution in [3.05, 3.63) is 82.4 Å². The van der Waals surface area contributed by atoms with Crippen molar-refractivity contribution in [3.8, 4) is 29.3 Å². The topological polar surface area (TPSA) is 125 Å². The largest absolute Gasteiger partial charge is 0.494 e. The molecule has 1 saturated heterocycles. The van der Waals surface area contributed by atoms with Crippen molar-refractivity contribution in [1.82, 2.24) is 4.57 Å². The fourth-order valence-electron chi connectivity index (χ4n) is 7.03. The molecule has 2 aliphatic heterocycles. The summed E-state index contributed by atoms with van der Waals surface area (Å²) in [5.41, 5.74) is 1.14. The van der Waals surface area contributed by atoms with Crippen LogP contribution in [-0.2, 0) is 22.4 Å². The molecule has 0 spiro atoms. The molecule has 3 heterocycles. The van der Waals surface area contributed by atoms with Gasteiger partial charge in [-0.05, 0) is 38.0 Å². The Morgan fingerprint density at radius 1 is 1.05 bits per heavy atom. The molecule has 202 valence electrons. The highest BCUT2D eigenvalue weighted by Gasteiger charge is 2.66. The lowest BCUT2D eigenvalue weighted by molar-refractivity contribution is -0.107. The molecule has 1 unspecified atom stereocenters. The Labute approximate surface area is 230 Å². The summed E-state index contributed by atoms with van der Waals surface area (Å²) in [6.07, 6.45) is 1.75. The summed E-state index contributed by atoms with van der Waals surface area (Å²) in [5, 5.41) is 45.3. The zero-order valence-corrected chi connectivity index (χ0v) is 22.0. The van der Waals surface area contributed by atoms with E-state index in [-0.39, 0.29) is 30.6 Å². The molecule has 0 saturated carbocycles. The van der Waals surface area contributed by atoms with Crippen LogP contribution in [0.4, 0.5) is 0 Å². The third-order valence-corrected chi connectivity index (χ3v) is 8.93. The van der Waals surface area contributed by atoms with Gasteiger partial charge in [-0.3, -0.25) is 9.36 Å². The fourth-order valence-corrected chi connectivity index (χ4v) is 7.03. The highest BCUT2D eigenvalue weighted by molar-refractivity contribution is 5.99. The molecule has 0 amide bonds. The number of nitrogens with zero attached hydrogens (tertiary/aromatic N) is 2. The maximum Gasteiger partial charge on any atom is 0.205 e. The molecule has 8 nitrogen and oxygen atoms in total. The molecule has 8 heteroatoms. The van der Waals surface area contributed by atoms with Crippen molar-refractivity contribution in [2.24, 2.45) is 0 Å². The molecule has 1 aliphatic carbocycles. The minimum atomic E-state index is -1.22. The Hall–Kier alpha value is -4.32. The van der Waals surface area contributed by atoms with Gasteiger partial charge in [-0.2, -0.15) is 5.26 Å². The molecule has 3 N–H and O–H groups in total. The number of aliphatic hydroxyl groups is 1. The zero-order chi connectivity index (χ0) is 27.8. The summed E-state index contributed by atoms with van der Waals surface area (Å²) >= 11 is 0. The number of carbonyl (C=O) groups is 1. The van der Waals surface area contributed by atoms with Gasteiger partial charge in [-0.1, -0.05) is 36.4 Å². The number of fused-ring (bicyclic) bond motifs is 7. The molecular formula is C32H28N2O6. The number of aromatic hydroxyl groups is 2. The average molecular weight is 537 g/mol. The fraction of sp³-hybridized carbons (Fsp3) is 0.312. The molecule has 4 aromatic rings. The summed E-state index contributed by atoms with van der Waals surface area (Å²) in [4.78, 5) is 12.4. The smallest absolute Gasteiger partial charge is 0.205 e. The van der Waals surface area contributed by atoms with Gasteiger partial charge >= 0.3 is 0 Å². The Balaban J connectivity index is 1.29. The molecule has 40 heavy (non-hydrogen) atoms. The maximum atomic E-state index is 12.4. The van der Waals surface area contributed by atoms with Gasteiger partial charge in [-0.15, -0.1) is 0 Å². The molecule has 3 aromatic carbocycles. The van der Waals surface area contributed by atoms with E-state index in [1.54, 1.807) is 19.1 Å². The number of benzene rings is 3. The summed E-state index contributed by atoms with van der Waals surface area (Å²) < 4.78 is 14.0. The van der Waals surface area contributed by atoms with Gasteiger partial charge in [0.2, 0.25) is 11.8 Å². The van der Waals surface area contributed by atoms with Crippen LogP contribution in [0.25, 0.3) is 16.5 Å². The van der Waals surface area contributed by atoms with E-state index in [4.69, 9.17) is 9.47 Å². The summed E-state index contributed by atoms with van der Waals surface area (Å²) in [6.45, 7) is 1.95. The van der Waals surface area contributed by atoms with Crippen LogP contribution in [0.3, 0.4) is 0 Å². The third-order valence-electron chi connectivity index (χ3n) is 8.93. The number of aliphatic hydroxyl groups excluding tert-OH is 1. The van der Waals surface area contributed by atoms with E-state index in [1.165, 1.54) is 4.57 Å². The number of ether oxygens (including phenoxy) is 2. The van der Waals surface area contributed by atoms with E-state index in [1.807, 2.05) is 42.5 Å². The Bertz CT molecular complexity index is 1770. The highest BCUT2D eigenvalue weighted by atomic mass is 16.6. The van der Waals surface area contributed by atoms with Crippen molar-refractivity contribution >= 4 is 16.6 Å². The van der Waals surface area contributed by atoms with Crippen LogP contribution in [0.5, 0.6) is 17.5 Å². The zero-order valence-electron chi connectivity index (χ0n) is 22.0. The maximum absolute atomic E-state index is 12.4. The minimum Gasteiger partial charge on any atom is -0.494 e. The van der Waals surface area contributed by atoms with E-state index in [2.05, 4.69) is 6.07 Å². The number of carbonyl (C=O) groups excluding carboxylic acids is 1. The molecule has 0 radical (unpaired) electrons. The van der Waals surface area contributed by atoms with Crippen molar-refractivity contribution in [2.75, 3.05) is 6.61 Å². The lowest BCUT2D eigenvalue weighted by atomic mass is 9.76. The Morgan fingerprint density at radius 2 is 1.82 bits per heavy atom. The highest BCUT2D eigenvalue weighted by Crippen LogP contribution is 2.65. The van der Waals surface area contributed by atoms with Gasteiger partial charge in [0.05, 0.1) is 41.2 Å². The van der Waals surface area contributed by atoms with Gasteiger partial charge in [-0.25, -0.2) is 0 Å². The quantitative estimate of drug-likeness (QED) is 0.324. The number of hydrogen-bond donors (Lipinski definition) is 3. The van der Waals surface area contributed by atoms with E-state index >= 15 is 0 Å². The van der Waals surface area contributed by atoms with E-state index in [0.717, 1.165) is 18.4 Å². The van der Waals surface area contributed by atoms with Crippen molar-refractivity contribution in [2.45, 2.75) is 56.3 Å². The predicted octanol–water partition coefficient (Wildman–Crippen LogP) is 5.11. The van der Waals surface area contributed by atoms with E-state index in [0.29, 0.717) is 57.3 Å². The lowest BCUT2D eigenvalue weighted by Gasteiger charge is -2.27. The minimum absolute atomic E-state index is 0.126. The number of hydrogen-bond acceptors (Lipinski definition) is 7. The van der Waals surface area contributed by atoms with E-state index < -0.39 is 17.3 Å². The molecule has 3 aliphatic rings. The second-order valence-electron chi connectivity index (χ2n) is 11.1. The van der Waals surface area contributed by atoms with Gasteiger partial charge in [0.1, 0.15) is 17.0 Å². The van der Waals surface area contributed by atoms with Crippen LogP contribution in [0.15, 0.2) is 54.6 Å². The molecule has 7 rings (SSSR count). The van der Waals surface area contributed by atoms with Crippen LogP contribution >= 0.6 is 0 Å². The van der Waals surface area contributed by atoms with Crippen molar-refractivity contribution in [1.29, 1.82) is 5.26 Å². The first-order chi connectivity index (χ1) is 19.3. The van der Waals surface area contributed by atoms with Crippen molar-refractivity contribution in [3.63, 3.8) is 0 Å². The molecular weight excluding hydrogens is 508 g/mol. The number of ketones is 1. The van der Waals surface area contributed by atoms with Crippen LogP contribution in [-0.4, -0.2) is 38.4 Å². The SMILES string of the molecule is C[C@]12O[C@](CCOc3cccc4c3CCCC4=O)(CC1O)c1c2c(O)n(-c2ccc(C#N)c3ccccc23)c1O. The molecule has 2 bridgehead atoms. The first-order valence-corrected chi connectivity index (χ1v) is 13.5. The van der Waals surface area contributed by atoms with Crippen LogP contribution < -0.4 is 4.74 Å². The van der Waals surface area contributed by atoms with Crippen LogP contribution in [0.2, 0.25) is 0 Å².